The minimum absolute atomic E-state index is 0.0361. The number of amides is 1. The van der Waals surface area contributed by atoms with Crippen molar-refractivity contribution in [3.63, 3.8) is 0 Å². The molecule has 0 unspecified atom stereocenters. The summed E-state index contributed by atoms with van der Waals surface area (Å²) in [6.45, 7) is 11.3. The van der Waals surface area contributed by atoms with Crippen molar-refractivity contribution in [2.75, 3.05) is 18.1 Å². The number of nitrogens with zero attached hydrogens (tertiary/aromatic N) is 3. The molecule has 33 heavy (non-hydrogen) atoms. The predicted molar refractivity (Wildman–Crippen MR) is 131 cm³/mol. The molecular weight excluding hydrogens is 420 g/mol. The molecule has 2 aromatic rings. The fourth-order valence-electron chi connectivity index (χ4n) is 4.10. The van der Waals surface area contributed by atoms with E-state index in [0.29, 0.717) is 0 Å². The summed E-state index contributed by atoms with van der Waals surface area (Å²) in [7, 11) is 0. The maximum absolute atomic E-state index is 12.1. The summed E-state index contributed by atoms with van der Waals surface area (Å²) in [5, 5.41) is 15.1. The van der Waals surface area contributed by atoms with Gasteiger partial charge in [-0.1, -0.05) is 25.1 Å². The second-order valence-electron chi connectivity index (χ2n) is 8.67. The first-order chi connectivity index (χ1) is 15.6. The highest BCUT2D eigenvalue weighted by Crippen LogP contribution is 2.40. The number of nitro benzene ring substituents is 1. The standard InChI is InChI=1S/C25H30N4O4/c1-6-11-28-22-12-17(2)19(13-20(22)18(3)14-25(28,4)5)15-26-27-24(30)16-33-23-10-8-7-9-21(23)29(31)32/h7-10,12-15H,6,11,16H2,1-5H3,(H,27,30)/b26-15+. The molecule has 0 atom stereocenters. The Bertz CT molecular complexity index is 1120. The first-order valence-corrected chi connectivity index (χ1v) is 10.9. The quantitative estimate of drug-likeness (QED) is 0.352. The van der Waals surface area contributed by atoms with E-state index >= 15 is 0 Å². The molecule has 0 aliphatic carbocycles. The van der Waals surface area contributed by atoms with Gasteiger partial charge in [0.05, 0.1) is 16.7 Å². The summed E-state index contributed by atoms with van der Waals surface area (Å²) >= 11 is 0. The smallest absolute Gasteiger partial charge is 0.310 e. The van der Waals surface area contributed by atoms with Gasteiger partial charge in [-0.2, -0.15) is 5.10 Å². The van der Waals surface area contributed by atoms with Crippen LogP contribution in [0.3, 0.4) is 0 Å². The van der Waals surface area contributed by atoms with Crippen molar-refractivity contribution < 1.29 is 14.5 Å². The van der Waals surface area contributed by atoms with Crippen molar-refractivity contribution in [2.45, 2.75) is 46.6 Å². The molecule has 1 amide bonds. The number of rotatable bonds is 8. The van der Waals surface area contributed by atoms with Gasteiger partial charge < -0.3 is 9.64 Å². The number of para-hydroxylation sites is 2. The number of ether oxygens (including phenoxy) is 1. The number of allylic oxidation sites excluding steroid dienone is 1. The van der Waals surface area contributed by atoms with E-state index in [0.717, 1.165) is 29.7 Å². The molecule has 0 bridgehead atoms. The van der Waals surface area contributed by atoms with Crippen molar-refractivity contribution in [3.8, 4) is 5.75 Å². The number of fused-ring (bicyclic) bond motifs is 1. The van der Waals surface area contributed by atoms with Crippen LogP contribution in [0.2, 0.25) is 0 Å². The molecule has 174 valence electrons. The van der Waals surface area contributed by atoms with Gasteiger partial charge in [0, 0.05) is 23.9 Å². The van der Waals surface area contributed by atoms with Gasteiger partial charge in [-0.3, -0.25) is 14.9 Å². The second kappa shape index (κ2) is 9.85. The molecule has 1 N–H and O–H groups in total. The molecule has 3 rings (SSSR count). The lowest BCUT2D eigenvalue weighted by atomic mass is 9.87. The Kier molecular flexibility index (Phi) is 7.16. The van der Waals surface area contributed by atoms with E-state index < -0.39 is 10.8 Å². The van der Waals surface area contributed by atoms with Gasteiger partial charge in [0.15, 0.2) is 12.4 Å². The van der Waals surface area contributed by atoms with E-state index in [-0.39, 0.29) is 23.6 Å². The highest BCUT2D eigenvalue weighted by atomic mass is 16.6. The van der Waals surface area contributed by atoms with Crippen LogP contribution in [0.5, 0.6) is 5.75 Å². The molecule has 0 fully saturated rings. The number of hydrogen-bond donors (Lipinski definition) is 1. The molecule has 8 heteroatoms. The van der Waals surface area contributed by atoms with Crippen LogP contribution in [-0.2, 0) is 4.79 Å². The number of hydrazone groups is 1. The van der Waals surface area contributed by atoms with Crippen LogP contribution in [0.4, 0.5) is 11.4 Å². The normalized spacial score (nSPS) is 14.6. The van der Waals surface area contributed by atoms with E-state index in [1.807, 2.05) is 6.92 Å². The van der Waals surface area contributed by atoms with Gasteiger partial charge in [0.1, 0.15) is 0 Å². The molecule has 0 radical (unpaired) electrons. The van der Waals surface area contributed by atoms with Crippen LogP contribution < -0.4 is 15.1 Å². The number of nitro groups is 1. The Morgan fingerprint density at radius 2 is 2.00 bits per heavy atom. The number of anilines is 1. The number of hydrogen-bond acceptors (Lipinski definition) is 6. The zero-order chi connectivity index (χ0) is 24.2. The highest BCUT2D eigenvalue weighted by molar-refractivity contribution is 5.90. The Morgan fingerprint density at radius 3 is 2.70 bits per heavy atom. The van der Waals surface area contributed by atoms with Gasteiger partial charge in [-0.25, -0.2) is 5.43 Å². The average molecular weight is 451 g/mol. The van der Waals surface area contributed by atoms with Gasteiger partial charge in [0.25, 0.3) is 5.91 Å². The lowest BCUT2D eigenvalue weighted by Gasteiger charge is -2.43. The van der Waals surface area contributed by atoms with Crippen molar-refractivity contribution in [2.24, 2.45) is 5.10 Å². The molecule has 2 aromatic carbocycles. The Hall–Kier alpha value is -3.68. The Labute approximate surface area is 194 Å². The van der Waals surface area contributed by atoms with Crippen molar-refractivity contribution in [1.82, 2.24) is 5.43 Å². The highest BCUT2D eigenvalue weighted by Gasteiger charge is 2.31. The van der Waals surface area contributed by atoms with Gasteiger partial charge in [0.2, 0.25) is 0 Å². The summed E-state index contributed by atoms with van der Waals surface area (Å²) in [5.41, 5.74) is 7.69. The lowest BCUT2D eigenvalue weighted by molar-refractivity contribution is -0.385. The number of carbonyl (C=O) groups is 1. The second-order valence-corrected chi connectivity index (χ2v) is 8.67. The molecule has 0 saturated carbocycles. The number of nitrogens with one attached hydrogen (secondary N) is 1. The average Bonchev–Trinajstić information content (AvgIpc) is 2.75. The Morgan fingerprint density at radius 1 is 1.27 bits per heavy atom. The third-order valence-electron chi connectivity index (χ3n) is 5.63. The molecule has 1 aliphatic heterocycles. The van der Waals surface area contributed by atoms with Gasteiger partial charge in [-0.15, -0.1) is 0 Å². The molecular formula is C25H30N4O4. The summed E-state index contributed by atoms with van der Waals surface area (Å²) in [5.74, 6) is -0.471. The van der Waals surface area contributed by atoms with Gasteiger partial charge >= 0.3 is 5.69 Å². The third kappa shape index (κ3) is 5.39. The minimum Gasteiger partial charge on any atom is -0.477 e. The number of aryl methyl sites for hydroxylation is 1. The molecule has 0 aromatic heterocycles. The van der Waals surface area contributed by atoms with E-state index in [2.05, 4.69) is 61.3 Å². The lowest BCUT2D eigenvalue weighted by Crippen LogP contribution is -2.45. The zero-order valence-electron chi connectivity index (χ0n) is 19.7. The van der Waals surface area contributed by atoms with Crippen LogP contribution >= 0.6 is 0 Å². The largest absolute Gasteiger partial charge is 0.477 e. The topological polar surface area (TPSA) is 97.1 Å². The molecule has 0 spiro atoms. The van der Waals surface area contributed by atoms with Crippen molar-refractivity contribution >= 4 is 29.1 Å². The van der Waals surface area contributed by atoms with Crippen LogP contribution in [-0.4, -0.2) is 35.7 Å². The SMILES string of the molecule is CCCN1c2cc(C)c(/C=N/NC(=O)COc3ccccc3[N+](=O)[O-])cc2C(C)=CC1(C)C. The maximum atomic E-state index is 12.1. The van der Waals surface area contributed by atoms with E-state index in [1.165, 1.54) is 29.5 Å². The Balaban J connectivity index is 1.71. The molecule has 0 saturated heterocycles. The molecule has 1 aliphatic rings. The van der Waals surface area contributed by atoms with Crippen LogP contribution in [0.1, 0.15) is 50.8 Å². The zero-order valence-corrected chi connectivity index (χ0v) is 19.7. The minimum atomic E-state index is -0.552. The van der Waals surface area contributed by atoms with Gasteiger partial charge in [-0.05, 0) is 69.0 Å². The summed E-state index contributed by atoms with van der Waals surface area (Å²) in [6.07, 6.45) is 4.94. The van der Waals surface area contributed by atoms with E-state index in [4.69, 9.17) is 4.74 Å². The van der Waals surface area contributed by atoms with Crippen molar-refractivity contribution in [1.29, 1.82) is 0 Å². The van der Waals surface area contributed by atoms with Crippen LogP contribution in [0.25, 0.3) is 5.57 Å². The monoisotopic (exact) mass is 450 g/mol. The number of carbonyl (C=O) groups excluding carboxylic acids is 1. The van der Waals surface area contributed by atoms with Crippen LogP contribution in [0.15, 0.2) is 47.6 Å². The predicted octanol–water partition coefficient (Wildman–Crippen LogP) is 4.84. The van der Waals surface area contributed by atoms with E-state index in [9.17, 15) is 14.9 Å². The third-order valence-corrected chi connectivity index (χ3v) is 5.63. The summed E-state index contributed by atoms with van der Waals surface area (Å²) in [4.78, 5) is 25.0. The summed E-state index contributed by atoms with van der Waals surface area (Å²) < 4.78 is 5.29. The molecule has 1 heterocycles. The first kappa shape index (κ1) is 24.0. The fraction of sp³-hybridized carbons (Fsp3) is 0.360. The number of benzene rings is 2. The maximum Gasteiger partial charge on any atom is 0.310 e. The van der Waals surface area contributed by atoms with Crippen molar-refractivity contribution in [3.05, 3.63) is 69.3 Å². The fourth-order valence-corrected chi connectivity index (χ4v) is 4.10. The first-order valence-electron chi connectivity index (χ1n) is 10.9. The van der Waals surface area contributed by atoms with Crippen LogP contribution in [0, 0.1) is 17.0 Å². The molecule has 8 nitrogen and oxygen atoms in total. The van der Waals surface area contributed by atoms with E-state index in [1.54, 1.807) is 12.3 Å². The summed E-state index contributed by atoms with van der Waals surface area (Å²) in [6, 6.07) is 10.2.